The van der Waals surface area contributed by atoms with Gasteiger partial charge in [0.05, 0.1) is 7.11 Å². The average Bonchev–Trinajstić information content (AvgIpc) is 3.06. The van der Waals surface area contributed by atoms with E-state index >= 15 is 0 Å². The van der Waals surface area contributed by atoms with Gasteiger partial charge in [0.2, 0.25) is 0 Å². The molecule has 0 radical (unpaired) electrons. The van der Waals surface area contributed by atoms with Crippen molar-refractivity contribution in [2.75, 3.05) is 13.7 Å². The first-order chi connectivity index (χ1) is 9.03. The highest BCUT2D eigenvalue weighted by Gasteiger charge is 2.48. The Balaban J connectivity index is 1.76. The van der Waals surface area contributed by atoms with E-state index in [1.807, 2.05) is 0 Å². The number of ether oxygens (including phenoxy) is 1. The van der Waals surface area contributed by atoms with E-state index in [0.29, 0.717) is 11.5 Å². The fourth-order valence-electron chi connectivity index (χ4n) is 2.73. The van der Waals surface area contributed by atoms with Gasteiger partial charge in [0.15, 0.2) is 0 Å². The summed E-state index contributed by atoms with van der Waals surface area (Å²) in [5.41, 5.74) is 1.98. The molecular weight excluding hydrogens is 234 g/mol. The van der Waals surface area contributed by atoms with Gasteiger partial charge in [0, 0.05) is 6.04 Å². The lowest BCUT2D eigenvalue weighted by atomic mass is 9.96. The SMILES string of the molecule is COc1ccc(CCC2(C)CC2CNC(C)C)cc1. The monoisotopic (exact) mass is 261 g/mol. The molecule has 1 aliphatic rings. The second-order valence-corrected chi connectivity index (χ2v) is 6.47. The van der Waals surface area contributed by atoms with Gasteiger partial charge in [-0.15, -0.1) is 0 Å². The maximum atomic E-state index is 5.19. The molecule has 0 amide bonds. The minimum absolute atomic E-state index is 0.557. The third-order valence-corrected chi connectivity index (χ3v) is 4.45. The Morgan fingerprint density at radius 2 is 2.00 bits per heavy atom. The van der Waals surface area contributed by atoms with Gasteiger partial charge in [-0.2, -0.15) is 0 Å². The predicted octanol–water partition coefficient (Wildman–Crippen LogP) is 3.65. The van der Waals surface area contributed by atoms with Crippen LogP contribution in [-0.4, -0.2) is 19.7 Å². The van der Waals surface area contributed by atoms with E-state index in [4.69, 9.17) is 4.74 Å². The van der Waals surface area contributed by atoms with Crippen LogP contribution in [0.3, 0.4) is 0 Å². The number of nitrogens with one attached hydrogen (secondary N) is 1. The van der Waals surface area contributed by atoms with Crippen LogP contribution in [-0.2, 0) is 6.42 Å². The van der Waals surface area contributed by atoms with Crippen LogP contribution >= 0.6 is 0 Å². The minimum Gasteiger partial charge on any atom is -0.497 e. The van der Waals surface area contributed by atoms with Crippen LogP contribution in [0.15, 0.2) is 24.3 Å². The summed E-state index contributed by atoms with van der Waals surface area (Å²) < 4.78 is 5.19. The Kier molecular flexibility index (Phi) is 4.51. The maximum absolute atomic E-state index is 5.19. The van der Waals surface area contributed by atoms with E-state index in [-0.39, 0.29) is 0 Å². The van der Waals surface area contributed by atoms with Crippen molar-refractivity contribution in [1.29, 1.82) is 0 Å². The molecule has 1 N–H and O–H groups in total. The summed E-state index contributed by atoms with van der Waals surface area (Å²) in [6.07, 6.45) is 3.85. The van der Waals surface area contributed by atoms with Gasteiger partial charge >= 0.3 is 0 Å². The summed E-state index contributed by atoms with van der Waals surface area (Å²) >= 11 is 0. The molecule has 0 aromatic heterocycles. The van der Waals surface area contributed by atoms with Crippen molar-refractivity contribution in [1.82, 2.24) is 5.32 Å². The summed E-state index contributed by atoms with van der Waals surface area (Å²) in [5.74, 6) is 1.81. The normalized spacial score (nSPS) is 25.6. The molecule has 1 aliphatic carbocycles. The van der Waals surface area contributed by atoms with E-state index < -0.39 is 0 Å². The first-order valence-electron chi connectivity index (χ1n) is 7.40. The molecule has 19 heavy (non-hydrogen) atoms. The topological polar surface area (TPSA) is 21.3 Å². The average molecular weight is 261 g/mol. The molecule has 2 nitrogen and oxygen atoms in total. The number of methoxy groups -OCH3 is 1. The van der Waals surface area contributed by atoms with Crippen LogP contribution in [0, 0.1) is 11.3 Å². The number of hydrogen-bond acceptors (Lipinski definition) is 2. The smallest absolute Gasteiger partial charge is 0.118 e. The largest absolute Gasteiger partial charge is 0.497 e. The van der Waals surface area contributed by atoms with Crippen molar-refractivity contribution in [2.24, 2.45) is 11.3 Å². The first kappa shape index (κ1) is 14.4. The summed E-state index contributed by atoms with van der Waals surface area (Å²) in [7, 11) is 1.71. The van der Waals surface area contributed by atoms with Crippen LogP contribution < -0.4 is 10.1 Å². The standard InChI is InChI=1S/C17H27NO/c1-13(2)18-12-15-11-17(15,3)10-9-14-5-7-16(19-4)8-6-14/h5-8,13,15,18H,9-12H2,1-4H3. The first-order valence-corrected chi connectivity index (χ1v) is 7.40. The maximum Gasteiger partial charge on any atom is 0.118 e. The molecule has 2 rings (SSSR count). The van der Waals surface area contributed by atoms with Crippen LogP contribution in [0.4, 0.5) is 0 Å². The van der Waals surface area contributed by atoms with Gasteiger partial charge in [-0.05, 0) is 54.8 Å². The summed E-state index contributed by atoms with van der Waals surface area (Å²) in [4.78, 5) is 0. The summed E-state index contributed by atoms with van der Waals surface area (Å²) in [6, 6.07) is 9.09. The quantitative estimate of drug-likeness (QED) is 0.809. The van der Waals surface area contributed by atoms with Crippen LogP contribution in [0.5, 0.6) is 5.75 Å². The molecule has 1 saturated carbocycles. The lowest BCUT2D eigenvalue weighted by Crippen LogP contribution is -2.26. The van der Waals surface area contributed by atoms with Gasteiger partial charge in [0.1, 0.15) is 5.75 Å². The number of rotatable bonds is 7. The lowest BCUT2D eigenvalue weighted by molar-refractivity contribution is 0.414. The zero-order valence-corrected chi connectivity index (χ0v) is 12.7. The Morgan fingerprint density at radius 1 is 1.32 bits per heavy atom. The molecule has 1 fully saturated rings. The molecular formula is C17H27NO. The number of hydrogen-bond donors (Lipinski definition) is 1. The second-order valence-electron chi connectivity index (χ2n) is 6.47. The van der Waals surface area contributed by atoms with Gasteiger partial charge in [-0.3, -0.25) is 0 Å². The van der Waals surface area contributed by atoms with Crippen molar-refractivity contribution < 1.29 is 4.74 Å². The van der Waals surface area contributed by atoms with Crippen LogP contribution in [0.25, 0.3) is 0 Å². The molecule has 2 atom stereocenters. The van der Waals surface area contributed by atoms with Crippen LogP contribution in [0.2, 0.25) is 0 Å². The summed E-state index contributed by atoms with van der Waals surface area (Å²) in [6.45, 7) is 8.05. The van der Waals surface area contributed by atoms with E-state index in [0.717, 1.165) is 11.7 Å². The van der Waals surface area contributed by atoms with Crippen molar-refractivity contribution in [3.63, 3.8) is 0 Å². The van der Waals surface area contributed by atoms with E-state index in [1.54, 1.807) is 7.11 Å². The van der Waals surface area contributed by atoms with Crippen molar-refractivity contribution in [3.05, 3.63) is 29.8 Å². The van der Waals surface area contributed by atoms with Crippen molar-refractivity contribution in [3.8, 4) is 5.75 Å². The minimum atomic E-state index is 0.557. The molecule has 2 unspecified atom stereocenters. The molecule has 0 aliphatic heterocycles. The number of benzene rings is 1. The summed E-state index contributed by atoms with van der Waals surface area (Å²) in [5, 5.41) is 3.56. The molecule has 0 heterocycles. The third-order valence-electron chi connectivity index (χ3n) is 4.45. The van der Waals surface area contributed by atoms with Gasteiger partial charge in [-0.25, -0.2) is 0 Å². The Bertz CT molecular complexity index is 398. The Hall–Kier alpha value is -1.02. The molecule has 1 aromatic rings. The van der Waals surface area contributed by atoms with E-state index in [2.05, 4.69) is 50.4 Å². The highest BCUT2D eigenvalue weighted by Crippen LogP contribution is 2.55. The zero-order valence-electron chi connectivity index (χ0n) is 12.7. The molecule has 0 saturated heterocycles. The zero-order chi connectivity index (χ0) is 13.9. The fraction of sp³-hybridized carbons (Fsp3) is 0.647. The highest BCUT2D eigenvalue weighted by atomic mass is 16.5. The highest BCUT2D eigenvalue weighted by molar-refractivity contribution is 5.27. The van der Waals surface area contributed by atoms with Gasteiger partial charge in [0.25, 0.3) is 0 Å². The fourth-order valence-corrected chi connectivity index (χ4v) is 2.73. The van der Waals surface area contributed by atoms with E-state index in [1.165, 1.54) is 31.4 Å². The molecule has 2 heteroatoms. The van der Waals surface area contributed by atoms with Crippen molar-refractivity contribution in [2.45, 2.75) is 46.1 Å². The number of aryl methyl sites for hydroxylation is 1. The molecule has 1 aromatic carbocycles. The Labute approximate surface area is 117 Å². The molecule has 0 bridgehead atoms. The van der Waals surface area contributed by atoms with E-state index in [9.17, 15) is 0 Å². The van der Waals surface area contributed by atoms with Crippen LogP contribution in [0.1, 0.15) is 39.2 Å². The Morgan fingerprint density at radius 3 is 2.58 bits per heavy atom. The third kappa shape index (κ3) is 3.97. The lowest BCUT2D eigenvalue weighted by Gasteiger charge is -2.13. The molecule has 0 spiro atoms. The van der Waals surface area contributed by atoms with Crippen molar-refractivity contribution >= 4 is 0 Å². The molecule has 106 valence electrons. The van der Waals surface area contributed by atoms with Gasteiger partial charge < -0.3 is 10.1 Å². The van der Waals surface area contributed by atoms with Gasteiger partial charge in [-0.1, -0.05) is 32.9 Å². The predicted molar refractivity (Wildman–Crippen MR) is 80.7 cm³/mol. The second kappa shape index (κ2) is 5.96.